The molecule has 1 unspecified atom stereocenters. The predicted octanol–water partition coefficient (Wildman–Crippen LogP) is 1.49. The summed E-state index contributed by atoms with van der Waals surface area (Å²) < 4.78 is 0. The van der Waals surface area contributed by atoms with E-state index in [0.29, 0.717) is 12.6 Å². The van der Waals surface area contributed by atoms with Crippen LogP contribution in [-0.2, 0) is 0 Å². The normalized spacial score (nSPS) is 14.8. The lowest BCUT2D eigenvalue weighted by atomic mass is 10.1. The zero-order chi connectivity index (χ0) is 9.61. The van der Waals surface area contributed by atoms with Crippen LogP contribution in [-0.4, -0.2) is 35.3 Å². The summed E-state index contributed by atoms with van der Waals surface area (Å²) in [6, 6.07) is 0.534. The molecule has 0 aliphatic heterocycles. The minimum atomic E-state index is -0.591. The van der Waals surface area contributed by atoms with Crippen molar-refractivity contribution < 1.29 is 5.11 Å². The van der Waals surface area contributed by atoms with E-state index in [1.54, 1.807) is 0 Å². The zero-order valence-corrected chi connectivity index (χ0v) is 9.37. The molecule has 0 aromatic carbocycles. The lowest BCUT2D eigenvalue weighted by Crippen LogP contribution is -2.41. The Morgan fingerprint density at radius 3 is 2.42 bits per heavy atom. The average Bonchev–Trinajstić information content (AvgIpc) is 1.96. The highest BCUT2D eigenvalue weighted by atomic mass is 32.2. The largest absolute Gasteiger partial charge is 0.389 e. The second-order valence-electron chi connectivity index (χ2n) is 3.75. The first-order valence-corrected chi connectivity index (χ1v) is 5.83. The molecule has 0 aromatic heterocycles. The molecular formula is C9H21NOS. The number of thioether (sulfide) groups is 1. The molecule has 1 atom stereocenters. The number of hydrogen-bond acceptors (Lipinski definition) is 3. The fourth-order valence-corrected chi connectivity index (χ4v) is 1.67. The summed E-state index contributed by atoms with van der Waals surface area (Å²) in [7, 11) is 0. The molecule has 3 heteroatoms. The number of aliphatic hydroxyl groups is 1. The third-order valence-electron chi connectivity index (χ3n) is 1.68. The zero-order valence-electron chi connectivity index (χ0n) is 8.55. The third kappa shape index (κ3) is 6.95. The van der Waals surface area contributed by atoms with E-state index >= 15 is 0 Å². The average molecular weight is 191 g/mol. The number of hydrogen-bond donors (Lipinski definition) is 2. The van der Waals surface area contributed by atoms with Gasteiger partial charge in [-0.1, -0.05) is 6.92 Å². The first-order valence-electron chi connectivity index (χ1n) is 4.44. The Kier molecular flexibility index (Phi) is 5.97. The van der Waals surface area contributed by atoms with Gasteiger partial charge >= 0.3 is 0 Å². The van der Waals surface area contributed by atoms with Crippen LogP contribution in [0.1, 0.15) is 27.2 Å². The van der Waals surface area contributed by atoms with E-state index in [9.17, 15) is 5.11 Å². The van der Waals surface area contributed by atoms with Crippen molar-refractivity contribution in [1.82, 2.24) is 5.32 Å². The Morgan fingerprint density at radius 2 is 2.08 bits per heavy atom. The van der Waals surface area contributed by atoms with E-state index in [-0.39, 0.29) is 0 Å². The highest BCUT2D eigenvalue weighted by molar-refractivity contribution is 7.98. The van der Waals surface area contributed by atoms with Gasteiger partial charge < -0.3 is 10.4 Å². The lowest BCUT2D eigenvalue weighted by Gasteiger charge is -2.22. The van der Waals surface area contributed by atoms with Crippen molar-refractivity contribution in [2.24, 2.45) is 0 Å². The highest BCUT2D eigenvalue weighted by Gasteiger charge is 2.14. The molecule has 74 valence electrons. The van der Waals surface area contributed by atoms with Crippen LogP contribution in [0.4, 0.5) is 0 Å². The van der Waals surface area contributed by atoms with Crippen molar-refractivity contribution in [3.8, 4) is 0 Å². The molecule has 0 aliphatic carbocycles. The van der Waals surface area contributed by atoms with Gasteiger partial charge in [-0.2, -0.15) is 11.8 Å². The minimum Gasteiger partial charge on any atom is -0.389 e. The lowest BCUT2D eigenvalue weighted by molar-refractivity contribution is 0.0771. The maximum Gasteiger partial charge on any atom is 0.0715 e. The number of nitrogens with one attached hydrogen (secondary N) is 1. The molecule has 0 bridgehead atoms. The van der Waals surface area contributed by atoms with Crippen molar-refractivity contribution in [3.63, 3.8) is 0 Å². The fourth-order valence-electron chi connectivity index (χ4n) is 0.916. The molecule has 0 saturated heterocycles. The van der Waals surface area contributed by atoms with E-state index in [0.717, 1.165) is 12.2 Å². The van der Waals surface area contributed by atoms with E-state index in [2.05, 4.69) is 18.5 Å². The molecule has 0 aliphatic rings. The molecule has 12 heavy (non-hydrogen) atoms. The molecule has 0 amide bonds. The van der Waals surface area contributed by atoms with Gasteiger partial charge in [0, 0.05) is 18.3 Å². The van der Waals surface area contributed by atoms with E-state index in [1.807, 2.05) is 25.6 Å². The second kappa shape index (κ2) is 5.84. The maximum atomic E-state index is 9.46. The van der Waals surface area contributed by atoms with Crippen LogP contribution in [0.25, 0.3) is 0 Å². The Balaban J connectivity index is 3.58. The molecule has 2 N–H and O–H groups in total. The van der Waals surface area contributed by atoms with Crippen LogP contribution in [0.5, 0.6) is 0 Å². The molecule has 0 rings (SSSR count). The van der Waals surface area contributed by atoms with Gasteiger partial charge in [0.1, 0.15) is 0 Å². The van der Waals surface area contributed by atoms with Gasteiger partial charge in [-0.25, -0.2) is 0 Å². The minimum absolute atomic E-state index is 0.534. The first-order chi connectivity index (χ1) is 5.49. The van der Waals surface area contributed by atoms with Gasteiger partial charge in [0.15, 0.2) is 0 Å². The number of rotatable bonds is 6. The van der Waals surface area contributed by atoms with Crippen LogP contribution in [0.2, 0.25) is 0 Å². The standard InChI is InChI=1S/C9H21NOS/c1-5-8(6-12-4)10-7-9(2,3)11/h8,10-11H,5-7H2,1-4H3. The van der Waals surface area contributed by atoms with Crippen LogP contribution >= 0.6 is 11.8 Å². The van der Waals surface area contributed by atoms with Crippen LogP contribution in [0, 0.1) is 0 Å². The Labute approximate surface area is 80.1 Å². The van der Waals surface area contributed by atoms with E-state index in [1.165, 1.54) is 0 Å². The van der Waals surface area contributed by atoms with E-state index < -0.39 is 5.60 Å². The summed E-state index contributed by atoms with van der Waals surface area (Å²) in [5.41, 5.74) is -0.591. The van der Waals surface area contributed by atoms with Crippen molar-refractivity contribution in [3.05, 3.63) is 0 Å². The Bertz CT molecular complexity index is 112. The molecule has 0 fully saturated rings. The Morgan fingerprint density at radius 1 is 1.50 bits per heavy atom. The topological polar surface area (TPSA) is 32.3 Å². The van der Waals surface area contributed by atoms with Crippen molar-refractivity contribution in [2.45, 2.75) is 38.8 Å². The summed E-state index contributed by atoms with van der Waals surface area (Å²) in [6.45, 7) is 6.49. The van der Waals surface area contributed by atoms with Crippen molar-refractivity contribution in [1.29, 1.82) is 0 Å². The van der Waals surface area contributed by atoms with Gasteiger partial charge in [0.05, 0.1) is 5.60 Å². The molecule has 0 heterocycles. The first kappa shape index (κ1) is 12.3. The van der Waals surface area contributed by atoms with Crippen LogP contribution in [0.15, 0.2) is 0 Å². The van der Waals surface area contributed by atoms with Gasteiger partial charge in [-0.15, -0.1) is 0 Å². The highest BCUT2D eigenvalue weighted by Crippen LogP contribution is 2.03. The summed E-state index contributed by atoms with van der Waals surface area (Å²) in [4.78, 5) is 0. The summed E-state index contributed by atoms with van der Waals surface area (Å²) in [5, 5.41) is 12.8. The van der Waals surface area contributed by atoms with Gasteiger partial charge in [-0.05, 0) is 26.5 Å². The van der Waals surface area contributed by atoms with Crippen molar-refractivity contribution in [2.75, 3.05) is 18.6 Å². The molecule has 0 saturated carbocycles. The molecular weight excluding hydrogens is 170 g/mol. The van der Waals surface area contributed by atoms with E-state index in [4.69, 9.17) is 0 Å². The van der Waals surface area contributed by atoms with Gasteiger partial charge in [0.2, 0.25) is 0 Å². The molecule has 0 spiro atoms. The SMILES string of the molecule is CCC(CSC)NCC(C)(C)O. The third-order valence-corrected chi connectivity index (χ3v) is 2.42. The predicted molar refractivity (Wildman–Crippen MR) is 56.8 cm³/mol. The Hall–Kier alpha value is 0.270. The van der Waals surface area contributed by atoms with Gasteiger partial charge in [0.25, 0.3) is 0 Å². The summed E-state index contributed by atoms with van der Waals surface area (Å²) >= 11 is 1.84. The molecule has 0 aromatic rings. The molecule has 0 radical (unpaired) electrons. The summed E-state index contributed by atoms with van der Waals surface area (Å²) in [5.74, 6) is 1.12. The fraction of sp³-hybridized carbons (Fsp3) is 1.00. The quantitative estimate of drug-likeness (QED) is 0.667. The van der Waals surface area contributed by atoms with Crippen LogP contribution < -0.4 is 5.32 Å². The second-order valence-corrected chi connectivity index (χ2v) is 4.66. The maximum absolute atomic E-state index is 9.46. The smallest absolute Gasteiger partial charge is 0.0715 e. The van der Waals surface area contributed by atoms with Crippen molar-refractivity contribution >= 4 is 11.8 Å². The van der Waals surface area contributed by atoms with Crippen LogP contribution in [0.3, 0.4) is 0 Å². The summed E-state index contributed by atoms with van der Waals surface area (Å²) in [6.07, 6.45) is 3.23. The monoisotopic (exact) mass is 191 g/mol. The van der Waals surface area contributed by atoms with Gasteiger partial charge in [-0.3, -0.25) is 0 Å². The molecule has 2 nitrogen and oxygen atoms in total.